The first-order chi connectivity index (χ1) is 9.08. The molecule has 0 spiro atoms. The van der Waals surface area contributed by atoms with Crippen LogP contribution in [0.4, 0.5) is 0 Å². The molecular weight excluding hydrogens is 234 g/mol. The number of hydrogen-bond acceptors (Lipinski definition) is 3. The Morgan fingerprint density at radius 1 is 1.05 bits per heavy atom. The highest BCUT2D eigenvalue weighted by atomic mass is 15.2. The molecule has 0 radical (unpaired) electrons. The van der Waals surface area contributed by atoms with Gasteiger partial charge < -0.3 is 0 Å². The standard InChI is InChI=1S/C16H21N3/c1-16(2)15(13(8-17)18-19-16)14-11-4-9-3-10(6-11)7-12(14)5-9/h9-12,14H,3-7H2,1-2H3. The van der Waals surface area contributed by atoms with Crippen molar-refractivity contribution >= 4 is 0 Å². The predicted molar refractivity (Wildman–Crippen MR) is 72.1 cm³/mol. The fraction of sp³-hybridized carbons (Fsp3) is 0.812. The van der Waals surface area contributed by atoms with Crippen LogP contribution in [0, 0.1) is 40.9 Å². The predicted octanol–water partition coefficient (Wildman–Crippen LogP) is 4.08. The van der Waals surface area contributed by atoms with Crippen molar-refractivity contribution in [3.63, 3.8) is 0 Å². The summed E-state index contributed by atoms with van der Waals surface area (Å²) in [6, 6.07) is 2.30. The van der Waals surface area contributed by atoms with E-state index < -0.39 is 0 Å². The Balaban J connectivity index is 1.75. The second-order valence-corrected chi connectivity index (χ2v) is 7.59. The van der Waals surface area contributed by atoms with Crippen molar-refractivity contribution in [3.8, 4) is 6.07 Å². The van der Waals surface area contributed by atoms with E-state index in [1.54, 1.807) is 0 Å². The van der Waals surface area contributed by atoms with Gasteiger partial charge in [0, 0.05) is 5.57 Å². The third-order valence-electron chi connectivity index (χ3n) is 5.98. The minimum absolute atomic E-state index is 0.245. The molecule has 5 aliphatic rings. The van der Waals surface area contributed by atoms with Gasteiger partial charge in [-0.15, -0.1) is 5.11 Å². The molecular formula is C16H21N3. The Kier molecular flexibility index (Phi) is 2.26. The van der Waals surface area contributed by atoms with Crippen molar-refractivity contribution in [1.29, 1.82) is 5.26 Å². The van der Waals surface area contributed by atoms with Crippen molar-refractivity contribution in [2.75, 3.05) is 0 Å². The molecule has 4 saturated carbocycles. The molecule has 0 aromatic carbocycles. The van der Waals surface area contributed by atoms with Crippen LogP contribution in [0.2, 0.25) is 0 Å². The summed E-state index contributed by atoms with van der Waals surface area (Å²) in [5.41, 5.74) is 1.65. The second-order valence-electron chi connectivity index (χ2n) is 7.59. The van der Waals surface area contributed by atoms with Crippen molar-refractivity contribution in [1.82, 2.24) is 0 Å². The maximum absolute atomic E-state index is 9.36. The van der Waals surface area contributed by atoms with Crippen molar-refractivity contribution < 1.29 is 0 Å². The number of rotatable bonds is 1. The average molecular weight is 255 g/mol. The van der Waals surface area contributed by atoms with E-state index in [2.05, 4.69) is 30.1 Å². The monoisotopic (exact) mass is 255 g/mol. The summed E-state index contributed by atoms with van der Waals surface area (Å²) >= 11 is 0. The van der Waals surface area contributed by atoms with Crippen LogP contribution < -0.4 is 0 Å². The summed E-state index contributed by atoms with van der Waals surface area (Å²) in [7, 11) is 0. The average Bonchev–Trinajstić information content (AvgIpc) is 2.64. The van der Waals surface area contributed by atoms with E-state index in [-0.39, 0.29) is 5.54 Å². The number of nitrogens with zero attached hydrogens (tertiary/aromatic N) is 3. The van der Waals surface area contributed by atoms with Gasteiger partial charge in [0.1, 0.15) is 11.6 Å². The van der Waals surface area contributed by atoms with Gasteiger partial charge in [0.2, 0.25) is 0 Å². The zero-order valence-corrected chi connectivity index (χ0v) is 11.8. The van der Waals surface area contributed by atoms with Crippen molar-refractivity contribution in [2.24, 2.45) is 39.8 Å². The van der Waals surface area contributed by atoms with Crippen LogP contribution in [-0.4, -0.2) is 5.54 Å². The topological polar surface area (TPSA) is 48.5 Å². The molecule has 19 heavy (non-hydrogen) atoms. The van der Waals surface area contributed by atoms with E-state index in [0.29, 0.717) is 11.6 Å². The molecule has 0 saturated heterocycles. The maximum atomic E-state index is 9.36. The minimum atomic E-state index is -0.245. The molecule has 0 aromatic rings. The number of nitriles is 1. The van der Waals surface area contributed by atoms with Crippen LogP contribution in [0.3, 0.4) is 0 Å². The van der Waals surface area contributed by atoms with Gasteiger partial charge in [-0.1, -0.05) is 0 Å². The summed E-state index contributed by atoms with van der Waals surface area (Å²) in [6.45, 7) is 4.25. The minimum Gasteiger partial charge on any atom is -0.191 e. The molecule has 100 valence electrons. The van der Waals surface area contributed by atoms with E-state index in [1.807, 2.05) is 0 Å². The molecule has 1 aliphatic heterocycles. The quantitative estimate of drug-likeness (QED) is 0.696. The molecule has 3 nitrogen and oxygen atoms in total. The third kappa shape index (κ3) is 1.55. The SMILES string of the molecule is CC1(C)N=NC(C#N)=C1C1C2CC3CC(C2)CC1C3. The highest BCUT2D eigenvalue weighted by Crippen LogP contribution is 2.60. The van der Waals surface area contributed by atoms with Crippen LogP contribution >= 0.6 is 0 Å². The van der Waals surface area contributed by atoms with Gasteiger partial charge in [0.25, 0.3) is 0 Å². The molecule has 0 unspecified atom stereocenters. The molecule has 0 aromatic heterocycles. The number of allylic oxidation sites excluding steroid dienone is 1. The summed E-state index contributed by atoms with van der Waals surface area (Å²) in [5.74, 6) is 4.15. The third-order valence-corrected chi connectivity index (χ3v) is 5.98. The van der Waals surface area contributed by atoms with Crippen LogP contribution in [0.5, 0.6) is 0 Å². The Bertz CT molecular complexity index is 493. The van der Waals surface area contributed by atoms with E-state index in [4.69, 9.17) is 0 Å². The van der Waals surface area contributed by atoms with Gasteiger partial charge in [-0.25, -0.2) is 0 Å². The molecule has 0 atom stereocenters. The fourth-order valence-electron chi connectivity index (χ4n) is 5.62. The molecule has 0 N–H and O–H groups in total. The first-order valence-corrected chi connectivity index (χ1v) is 7.66. The summed E-state index contributed by atoms with van der Waals surface area (Å²) in [6.07, 6.45) is 7.01. The summed E-state index contributed by atoms with van der Waals surface area (Å²) in [4.78, 5) is 0. The largest absolute Gasteiger partial charge is 0.191 e. The molecule has 1 heterocycles. The van der Waals surface area contributed by atoms with Crippen LogP contribution in [0.1, 0.15) is 46.0 Å². The van der Waals surface area contributed by atoms with Crippen molar-refractivity contribution in [3.05, 3.63) is 11.3 Å². The number of hydrogen-bond donors (Lipinski definition) is 0. The lowest BCUT2D eigenvalue weighted by Crippen LogP contribution is -2.47. The fourth-order valence-corrected chi connectivity index (χ4v) is 5.62. The lowest BCUT2D eigenvalue weighted by molar-refractivity contribution is -0.0243. The molecule has 4 aliphatic carbocycles. The normalized spacial score (nSPS) is 45.8. The highest BCUT2D eigenvalue weighted by molar-refractivity contribution is 5.39. The molecule has 4 bridgehead atoms. The maximum Gasteiger partial charge on any atom is 0.164 e. The van der Waals surface area contributed by atoms with Gasteiger partial charge in [-0.3, -0.25) is 0 Å². The van der Waals surface area contributed by atoms with Crippen molar-refractivity contribution in [2.45, 2.75) is 51.5 Å². The van der Waals surface area contributed by atoms with Gasteiger partial charge in [0.15, 0.2) is 5.70 Å². The van der Waals surface area contributed by atoms with E-state index >= 15 is 0 Å². The smallest absolute Gasteiger partial charge is 0.164 e. The van der Waals surface area contributed by atoms with Gasteiger partial charge >= 0.3 is 0 Å². The highest BCUT2D eigenvalue weighted by Gasteiger charge is 2.53. The Hall–Kier alpha value is -1.17. The van der Waals surface area contributed by atoms with E-state index in [9.17, 15) is 5.26 Å². The Labute approximate surface area is 114 Å². The van der Waals surface area contributed by atoms with Crippen LogP contribution in [0.25, 0.3) is 0 Å². The molecule has 4 fully saturated rings. The van der Waals surface area contributed by atoms with Gasteiger partial charge in [-0.05, 0) is 75.5 Å². The van der Waals surface area contributed by atoms with Crippen LogP contribution in [0.15, 0.2) is 21.5 Å². The Morgan fingerprint density at radius 3 is 2.16 bits per heavy atom. The van der Waals surface area contributed by atoms with E-state index in [1.165, 1.54) is 37.7 Å². The van der Waals surface area contributed by atoms with Crippen LogP contribution in [-0.2, 0) is 0 Å². The number of azo groups is 1. The first kappa shape index (κ1) is 11.6. The summed E-state index contributed by atoms with van der Waals surface area (Å²) < 4.78 is 0. The van der Waals surface area contributed by atoms with Gasteiger partial charge in [-0.2, -0.15) is 10.4 Å². The molecule has 0 amide bonds. The lowest BCUT2D eigenvalue weighted by atomic mass is 9.49. The van der Waals surface area contributed by atoms with E-state index in [0.717, 1.165) is 23.7 Å². The summed E-state index contributed by atoms with van der Waals surface area (Å²) in [5, 5.41) is 17.9. The molecule has 3 heteroatoms. The first-order valence-electron chi connectivity index (χ1n) is 7.66. The molecule has 5 rings (SSSR count). The lowest BCUT2D eigenvalue weighted by Gasteiger charge is -2.55. The van der Waals surface area contributed by atoms with Gasteiger partial charge in [0.05, 0.1) is 0 Å². The second kappa shape index (κ2) is 3.69. The zero-order chi connectivity index (χ0) is 13.2. The Morgan fingerprint density at radius 2 is 1.63 bits per heavy atom. The zero-order valence-electron chi connectivity index (χ0n) is 11.8.